The van der Waals surface area contributed by atoms with Crippen LogP contribution in [-0.2, 0) is 14.8 Å². The van der Waals surface area contributed by atoms with Crippen molar-refractivity contribution in [2.75, 3.05) is 37.3 Å². The van der Waals surface area contributed by atoms with Crippen molar-refractivity contribution in [1.29, 1.82) is 0 Å². The summed E-state index contributed by atoms with van der Waals surface area (Å²) in [5.74, 6) is 0.722. The minimum absolute atomic E-state index is 0.0229. The highest BCUT2D eigenvalue weighted by Gasteiger charge is 2.29. The molecule has 7 heteroatoms. The zero-order valence-corrected chi connectivity index (χ0v) is 18.0. The number of sulfonamides is 1. The quantitative estimate of drug-likeness (QED) is 0.815. The van der Waals surface area contributed by atoms with E-state index in [1.165, 1.54) is 29.1 Å². The first-order valence-corrected chi connectivity index (χ1v) is 12.2. The lowest BCUT2D eigenvalue weighted by Crippen LogP contribution is -2.43. The molecule has 156 valence electrons. The van der Waals surface area contributed by atoms with Crippen molar-refractivity contribution in [1.82, 2.24) is 9.62 Å². The second-order valence-electron chi connectivity index (χ2n) is 8.43. The highest BCUT2D eigenvalue weighted by molar-refractivity contribution is 7.88. The molecule has 1 amide bonds. The Hall–Kier alpha value is -1.60. The van der Waals surface area contributed by atoms with E-state index in [1.807, 2.05) is 6.92 Å². The van der Waals surface area contributed by atoms with E-state index in [1.54, 1.807) is 0 Å². The number of carbonyl (C=O) groups excluding carboxylic acids is 1. The molecule has 1 aromatic carbocycles. The van der Waals surface area contributed by atoms with Gasteiger partial charge in [0.2, 0.25) is 15.9 Å². The Balaban J connectivity index is 1.52. The maximum Gasteiger partial charge on any atom is 0.223 e. The third kappa shape index (κ3) is 5.26. The predicted molar refractivity (Wildman–Crippen MR) is 113 cm³/mol. The summed E-state index contributed by atoms with van der Waals surface area (Å²) in [6.07, 6.45) is 4.87. The minimum Gasteiger partial charge on any atom is -0.372 e. The van der Waals surface area contributed by atoms with Gasteiger partial charge in [-0.3, -0.25) is 4.79 Å². The van der Waals surface area contributed by atoms with Crippen LogP contribution in [-0.4, -0.2) is 51.1 Å². The first-order valence-electron chi connectivity index (χ1n) is 10.3. The van der Waals surface area contributed by atoms with Gasteiger partial charge in [-0.15, -0.1) is 0 Å². The molecular weight excluding hydrogens is 374 g/mol. The monoisotopic (exact) mass is 407 g/mol. The van der Waals surface area contributed by atoms with Crippen molar-refractivity contribution >= 4 is 21.6 Å². The van der Waals surface area contributed by atoms with E-state index in [9.17, 15) is 13.2 Å². The maximum absolute atomic E-state index is 12.6. The van der Waals surface area contributed by atoms with Crippen LogP contribution in [0.4, 0.5) is 5.69 Å². The summed E-state index contributed by atoms with van der Waals surface area (Å²) in [4.78, 5) is 15.0. The van der Waals surface area contributed by atoms with Gasteiger partial charge in [-0.1, -0.05) is 19.1 Å². The van der Waals surface area contributed by atoms with Crippen molar-refractivity contribution in [3.63, 3.8) is 0 Å². The highest BCUT2D eigenvalue weighted by Crippen LogP contribution is 2.25. The Kier molecular flexibility index (Phi) is 6.65. The molecule has 0 spiro atoms. The van der Waals surface area contributed by atoms with Crippen LogP contribution in [0.1, 0.15) is 51.1 Å². The van der Waals surface area contributed by atoms with Crippen LogP contribution in [0.3, 0.4) is 0 Å². The molecule has 0 aromatic heterocycles. The van der Waals surface area contributed by atoms with E-state index >= 15 is 0 Å². The topological polar surface area (TPSA) is 69.7 Å². The fraction of sp³-hybridized carbons (Fsp3) is 0.667. The van der Waals surface area contributed by atoms with Crippen LogP contribution in [0.25, 0.3) is 0 Å². The molecule has 1 atom stereocenters. The summed E-state index contributed by atoms with van der Waals surface area (Å²) >= 11 is 0. The van der Waals surface area contributed by atoms with Crippen molar-refractivity contribution in [2.45, 2.75) is 45.6 Å². The number of rotatable bonds is 5. The zero-order valence-electron chi connectivity index (χ0n) is 17.2. The molecule has 2 saturated heterocycles. The Morgan fingerprint density at radius 1 is 1.04 bits per heavy atom. The van der Waals surface area contributed by atoms with Gasteiger partial charge in [0, 0.05) is 37.8 Å². The smallest absolute Gasteiger partial charge is 0.223 e. The van der Waals surface area contributed by atoms with Gasteiger partial charge in [-0.2, -0.15) is 0 Å². The van der Waals surface area contributed by atoms with Gasteiger partial charge in [0.15, 0.2) is 0 Å². The van der Waals surface area contributed by atoms with Crippen molar-refractivity contribution in [3.05, 3.63) is 29.8 Å². The summed E-state index contributed by atoms with van der Waals surface area (Å²) in [5.41, 5.74) is 2.35. The maximum atomic E-state index is 12.6. The molecule has 0 saturated carbocycles. The summed E-state index contributed by atoms with van der Waals surface area (Å²) in [6, 6.07) is 8.45. The van der Waals surface area contributed by atoms with E-state index in [2.05, 4.69) is 41.4 Å². The van der Waals surface area contributed by atoms with E-state index in [-0.39, 0.29) is 17.9 Å². The molecule has 0 bridgehead atoms. The average molecular weight is 408 g/mol. The Morgan fingerprint density at radius 3 is 2.14 bits per heavy atom. The van der Waals surface area contributed by atoms with Gasteiger partial charge >= 0.3 is 0 Å². The Labute approximate surface area is 169 Å². The lowest BCUT2D eigenvalue weighted by atomic mass is 9.96. The summed E-state index contributed by atoms with van der Waals surface area (Å²) in [6.45, 7) is 7.39. The summed E-state index contributed by atoms with van der Waals surface area (Å²) < 4.78 is 24.7. The number of anilines is 1. The molecule has 2 aliphatic heterocycles. The molecule has 0 radical (unpaired) electrons. The van der Waals surface area contributed by atoms with Crippen LogP contribution < -0.4 is 10.2 Å². The molecule has 6 nitrogen and oxygen atoms in total. The third-order valence-corrected chi connectivity index (χ3v) is 7.50. The summed E-state index contributed by atoms with van der Waals surface area (Å²) in [5, 5.41) is 3.10. The molecule has 1 N–H and O–H groups in total. The zero-order chi connectivity index (χ0) is 20.3. The molecule has 0 aliphatic carbocycles. The second-order valence-corrected chi connectivity index (χ2v) is 10.4. The fourth-order valence-corrected chi connectivity index (χ4v) is 4.98. The van der Waals surface area contributed by atoms with Crippen LogP contribution in [0, 0.1) is 11.8 Å². The minimum atomic E-state index is -3.16. The Bertz CT molecular complexity index is 763. The SMILES string of the molecule is CC1CCN(c2ccc([C@@H](C)NC(=O)C3CCN(S(C)(=O)=O)CC3)cc2)CC1. The molecule has 0 unspecified atom stereocenters. The number of nitrogens with one attached hydrogen (secondary N) is 1. The predicted octanol–water partition coefficient (Wildman–Crippen LogP) is 2.77. The number of amides is 1. The Morgan fingerprint density at radius 2 is 1.61 bits per heavy atom. The third-order valence-electron chi connectivity index (χ3n) is 6.19. The number of carbonyl (C=O) groups is 1. The molecule has 2 fully saturated rings. The second kappa shape index (κ2) is 8.82. The van der Waals surface area contributed by atoms with Gasteiger partial charge in [0.1, 0.15) is 0 Å². The lowest BCUT2D eigenvalue weighted by molar-refractivity contribution is -0.126. The largest absolute Gasteiger partial charge is 0.372 e. The van der Waals surface area contributed by atoms with Gasteiger partial charge in [-0.25, -0.2) is 12.7 Å². The number of benzene rings is 1. The first kappa shape index (κ1) is 21.1. The van der Waals surface area contributed by atoms with Gasteiger partial charge in [0.05, 0.1) is 12.3 Å². The average Bonchev–Trinajstić information content (AvgIpc) is 2.68. The van der Waals surface area contributed by atoms with Crippen LogP contribution in [0.5, 0.6) is 0 Å². The molecular formula is C21H33N3O3S. The lowest BCUT2D eigenvalue weighted by Gasteiger charge is -2.32. The van der Waals surface area contributed by atoms with E-state index in [4.69, 9.17) is 0 Å². The molecule has 2 heterocycles. The van der Waals surface area contributed by atoms with E-state index < -0.39 is 10.0 Å². The van der Waals surface area contributed by atoms with Crippen molar-refractivity contribution < 1.29 is 13.2 Å². The molecule has 3 rings (SSSR count). The van der Waals surface area contributed by atoms with Crippen LogP contribution in [0.2, 0.25) is 0 Å². The fourth-order valence-electron chi connectivity index (χ4n) is 4.10. The molecule has 1 aromatic rings. The van der Waals surface area contributed by atoms with Crippen LogP contribution >= 0.6 is 0 Å². The normalized spacial score (nSPS) is 21.5. The van der Waals surface area contributed by atoms with Crippen LogP contribution in [0.15, 0.2) is 24.3 Å². The molecule has 2 aliphatic rings. The van der Waals surface area contributed by atoms with Crippen molar-refractivity contribution in [3.8, 4) is 0 Å². The van der Waals surface area contributed by atoms with E-state index in [0.717, 1.165) is 24.6 Å². The number of hydrogen-bond acceptors (Lipinski definition) is 4. The first-order chi connectivity index (χ1) is 13.2. The molecule has 28 heavy (non-hydrogen) atoms. The number of hydrogen-bond donors (Lipinski definition) is 1. The number of piperidine rings is 2. The number of nitrogens with zero attached hydrogens (tertiary/aromatic N) is 2. The summed E-state index contributed by atoms with van der Waals surface area (Å²) in [7, 11) is -3.16. The van der Waals surface area contributed by atoms with E-state index in [0.29, 0.717) is 25.9 Å². The van der Waals surface area contributed by atoms with Gasteiger partial charge in [-0.05, 0) is 56.2 Å². The highest BCUT2D eigenvalue weighted by atomic mass is 32.2. The van der Waals surface area contributed by atoms with Crippen molar-refractivity contribution in [2.24, 2.45) is 11.8 Å². The van der Waals surface area contributed by atoms with Gasteiger partial charge in [0.25, 0.3) is 0 Å². The standard InChI is InChI=1S/C21H33N3O3S/c1-16-8-12-23(13-9-16)20-6-4-18(5-7-20)17(2)22-21(25)19-10-14-24(15-11-19)28(3,26)27/h4-7,16-17,19H,8-15H2,1-3H3,(H,22,25)/t17-/m1/s1. The van der Waals surface area contributed by atoms with Gasteiger partial charge < -0.3 is 10.2 Å².